The summed E-state index contributed by atoms with van der Waals surface area (Å²) < 4.78 is 5.59. The lowest BCUT2D eigenvalue weighted by atomic mass is 10.2. The van der Waals surface area contributed by atoms with Crippen LogP contribution in [-0.4, -0.2) is 37.5 Å². The summed E-state index contributed by atoms with van der Waals surface area (Å²) in [5, 5.41) is 7.17. The molecule has 0 bridgehead atoms. The zero-order valence-electron chi connectivity index (χ0n) is 13.7. The van der Waals surface area contributed by atoms with Crippen LogP contribution in [0.3, 0.4) is 0 Å². The Morgan fingerprint density at radius 2 is 1.83 bits per heavy atom. The quantitative estimate of drug-likeness (QED) is 0.825. The fraction of sp³-hybridized carbons (Fsp3) is 0.611. The van der Waals surface area contributed by atoms with Gasteiger partial charge in [-0.05, 0) is 62.2 Å². The normalized spacial score (nSPS) is 21.7. The van der Waals surface area contributed by atoms with Crippen molar-refractivity contribution in [2.24, 2.45) is 0 Å². The number of rotatable bonds is 4. The fourth-order valence-corrected chi connectivity index (χ4v) is 3.47. The van der Waals surface area contributed by atoms with E-state index >= 15 is 0 Å². The number of hydrogen-bond acceptors (Lipinski definition) is 3. The van der Waals surface area contributed by atoms with Crippen molar-refractivity contribution in [3.63, 3.8) is 0 Å². The molecule has 0 radical (unpaired) electrons. The Bertz CT molecular complexity index is 491. The molecule has 0 aliphatic carbocycles. The highest BCUT2D eigenvalue weighted by Gasteiger charge is 2.15. The molecule has 0 saturated carbocycles. The van der Waals surface area contributed by atoms with Crippen molar-refractivity contribution in [1.82, 2.24) is 5.32 Å². The van der Waals surface area contributed by atoms with E-state index in [1.165, 1.54) is 44.5 Å². The summed E-state index contributed by atoms with van der Waals surface area (Å²) in [6.45, 7) is 4.02. The summed E-state index contributed by atoms with van der Waals surface area (Å²) in [4.78, 5) is 2.49. The predicted octanol–water partition coefficient (Wildman–Crippen LogP) is 3.53. The minimum atomic E-state index is 0.306. The van der Waals surface area contributed by atoms with Crippen LogP contribution in [0.2, 0.25) is 0 Å². The topological polar surface area (TPSA) is 36.5 Å². The van der Waals surface area contributed by atoms with E-state index in [-0.39, 0.29) is 0 Å². The van der Waals surface area contributed by atoms with Crippen molar-refractivity contribution in [1.29, 1.82) is 0 Å². The molecule has 0 spiro atoms. The van der Waals surface area contributed by atoms with Crippen LogP contribution < -0.4 is 15.5 Å². The Hall–Kier alpha value is -1.33. The van der Waals surface area contributed by atoms with Crippen molar-refractivity contribution in [3.05, 3.63) is 24.3 Å². The monoisotopic (exact) mass is 333 g/mol. The number of nitrogens with one attached hydrogen (secondary N) is 2. The van der Waals surface area contributed by atoms with E-state index < -0.39 is 0 Å². The van der Waals surface area contributed by atoms with Gasteiger partial charge in [-0.25, -0.2) is 0 Å². The molecule has 2 heterocycles. The van der Waals surface area contributed by atoms with Gasteiger partial charge < -0.3 is 20.3 Å². The maximum absolute atomic E-state index is 5.59. The zero-order valence-corrected chi connectivity index (χ0v) is 14.5. The molecular formula is C18H27N3OS. The second-order valence-corrected chi connectivity index (χ2v) is 6.83. The van der Waals surface area contributed by atoms with Crippen LogP contribution in [0.5, 0.6) is 0 Å². The number of hydrogen-bond donors (Lipinski definition) is 2. The number of nitrogens with zero attached hydrogens (tertiary/aromatic N) is 1. The smallest absolute Gasteiger partial charge is 0.170 e. The third kappa shape index (κ3) is 5.08. The van der Waals surface area contributed by atoms with Crippen LogP contribution in [0, 0.1) is 0 Å². The maximum atomic E-state index is 5.59. The first kappa shape index (κ1) is 16.5. The largest absolute Gasteiger partial charge is 0.376 e. The lowest BCUT2D eigenvalue weighted by Crippen LogP contribution is -2.34. The molecule has 2 aliphatic heterocycles. The average molecular weight is 334 g/mol. The molecule has 5 heteroatoms. The number of benzene rings is 1. The van der Waals surface area contributed by atoms with Gasteiger partial charge in [-0.3, -0.25) is 0 Å². The molecule has 0 amide bonds. The minimum absolute atomic E-state index is 0.306. The summed E-state index contributed by atoms with van der Waals surface area (Å²) in [7, 11) is 0. The van der Waals surface area contributed by atoms with Gasteiger partial charge in [0.15, 0.2) is 5.11 Å². The summed E-state index contributed by atoms with van der Waals surface area (Å²) in [5.74, 6) is 0. The summed E-state index contributed by atoms with van der Waals surface area (Å²) >= 11 is 5.36. The highest BCUT2D eigenvalue weighted by Crippen LogP contribution is 2.21. The molecule has 4 nitrogen and oxygen atoms in total. The molecule has 1 aromatic rings. The van der Waals surface area contributed by atoms with Crippen LogP contribution in [0.1, 0.15) is 38.5 Å². The van der Waals surface area contributed by atoms with Crippen molar-refractivity contribution >= 4 is 28.7 Å². The van der Waals surface area contributed by atoms with Crippen molar-refractivity contribution in [3.8, 4) is 0 Å². The second-order valence-electron chi connectivity index (χ2n) is 6.42. The van der Waals surface area contributed by atoms with E-state index in [0.717, 1.165) is 31.7 Å². The molecule has 2 N–H and O–H groups in total. The maximum Gasteiger partial charge on any atom is 0.170 e. The molecule has 0 aromatic heterocycles. The van der Waals surface area contributed by atoms with E-state index in [2.05, 4.69) is 39.8 Å². The third-order valence-corrected chi connectivity index (χ3v) is 4.86. The van der Waals surface area contributed by atoms with Gasteiger partial charge in [0.1, 0.15) is 0 Å². The van der Waals surface area contributed by atoms with Gasteiger partial charge in [0.25, 0.3) is 0 Å². The Labute approximate surface area is 144 Å². The highest BCUT2D eigenvalue weighted by molar-refractivity contribution is 7.80. The van der Waals surface area contributed by atoms with Gasteiger partial charge in [-0.1, -0.05) is 12.8 Å². The summed E-state index contributed by atoms with van der Waals surface area (Å²) in [6, 6.07) is 8.60. The fourth-order valence-electron chi connectivity index (χ4n) is 3.27. The molecule has 1 aromatic carbocycles. The van der Waals surface area contributed by atoms with Gasteiger partial charge in [-0.2, -0.15) is 0 Å². The lowest BCUT2D eigenvalue weighted by molar-refractivity contribution is 0.114. The molecular weight excluding hydrogens is 306 g/mol. The molecule has 2 fully saturated rings. The lowest BCUT2D eigenvalue weighted by Gasteiger charge is -2.23. The number of anilines is 2. The molecule has 0 unspecified atom stereocenters. The van der Waals surface area contributed by atoms with E-state index in [0.29, 0.717) is 11.2 Å². The summed E-state index contributed by atoms with van der Waals surface area (Å²) in [6.07, 6.45) is 7.92. The van der Waals surface area contributed by atoms with Gasteiger partial charge in [0.2, 0.25) is 0 Å². The van der Waals surface area contributed by atoms with E-state index in [1.54, 1.807) is 0 Å². The first-order chi connectivity index (χ1) is 11.3. The van der Waals surface area contributed by atoms with Crippen LogP contribution >= 0.6 is 12.2 Å². The van der Waals surface area contributed by atoms with E-state index in [4.69, 9.17) is 17.0 Å². The van der Waals surface area contributed by atoms with Crippen molar-refractivity contribution in [2.45, 2.75) is 44.6 Å². The van der Waals surface area contributed by atoms with E-state index in [9.17, 15) is 0 Å². The van der Waals surface area contributed by atoms with Gasteiger partial charge in [0.05, 0.1) is 6.10 Å². The van der Waals surface area contributed by atoms with Crippen molar-refractivity contribution < 1.29 is 4.74 Å². The zero-order chi connectivity index (χ0) is 15.9. The first-order valence-electron chi connectivity index (χ1n) is 8.83. The Morgan fingerprint density at radius 1 is 1.09 bits per heavy atom. The predicted molar refractivity (Wildman–Crippen MR) is 100 cm³/mol. The van der Waals surface area contributed by atoms with Crippen LogP contribution in [-0.2, 0) is 4.74 Å². The number of thiocarbonyl (C=S) groups is 1. The average Bonchev–Trinajstić information content (AvgIpc) is 2.94. The van der Waals surface area contributed by atoms with Gasteiger partial charge >= 0.3 is 0 Å². The molecule has 2 saturated heterocycles. The Balaban J connectivity index is 1.47. The van der Waals surface area contributed by atoms with Crippen LogP contribution in [0.25, 0.3) is 0 Å². The summed E-state index contributed by atoms with van der Waals surface area (Å²) in [5.41, 5.74) is 2.35. The standard InChI is InChI=1S/C18H27N3OS/c23-18(19-14-17-6-5-13-22-17)20-15-7-9-16(10-8-15)21-11-3-1-2-4-12-21/h7-10,17H,1-6,11-14H2,(H2,19,20,23)/t17-/m1/s1. The second kappa shape index (κ2) is 8.50. The molecule has 1 atom stereocenters. The molecule has 126 valence electrons. The number of ether oxygens (including phenoxy) is 1. The molecule has 23 heavy (non-hydrogen) atoms. The molecule has 2 aliphatic rings. The van der Waals surface area contributed by atoms with Crippen LogP contribution in [0.4, 0.5) is 11.4 Å². The SMILES string of the molecule is S=C(NC[C@H]1CCCO1)Nc1ccc(N2CCCCCC2)cc1. The van der Waals surface area contributed by atoms with E-state index in [1.807, 2.05) is 0 Å². The Morgan fingerprint density at radius 3 is 2.48 bits per heavy atom. The minimum Gasteiger partial charge on any atom is -0.376 e. The van der Waals surface area contributed by atoms with Gasteiger partial charge in [-0.15, -0.1) is 0 Å². The Kier molecular flexibility index (Phi) is 6.11. The third-order valence-electron chi connectivity index (χ3n) is 4.61. The first-order valence-corrected chi connectivity index (χ1v) is 9.23. The van der Waals surface area contributed by atoms with Crippen molar-refractivity contribution in [2.75, 3.05) is 36.5 Å². The molecule has 3 rings (SSSR count). The highest BCUT2D eigenvalue weighted by atomic mass is 32.1. The van der Waals surface area contributed by atoms with Gasteiger partial charge in [0, 0.05) is 37.6 Å². The van der Waals surface area contributed by atoms with Crippen LogP contribution in [0.15, 0.2) is 24.3 Å².